The second-order valence-electron chi connectivity index (χ2n) is 2.05. The van der Waals surface area contributed by atoms with Crippen LogP contribution in [0.4, 0.5) is 0 Å². The van der Waals surface area contributed by atoms with Crippen molar-refractivity contribution in [3.05, 3.63) is 17.8 Å². The van der Waals surface area contributed by atoms with Crippen molar-refractivity contribution in [2.75, 3.05) is 0 Å². The summed E-state index contributed by atoms with van der Waals surface area (Å²) in [5.41, 5.74) is 2.06. The van der Waals surface area contributed by atoms with E-state index in [0.29, 0.717) is 0 Å². The first-order chi connectivity index (χ1) is 4.88. The van der Waals surface area contributed by atoms with E-state index in [1.807, 2.05) is 13.0 Å². The maximum Gasteiger partial charge on any atom is 0.164 e. The van der Waals surface area contributed by atoms with E-state index >= 15 is 0 Å². The van der Waals surface area contributed by atoms with Gasteiger partial charge in [0.05, 0.1) is 0 Å². The average Bonchev–Trinajstić information content (AvgIpc) is 2.36. The van der Waals surface area contributed by atoms with Crippen LogP contribution in [0, 0.1) is 6.92 Å². The SMILES string of the molecule is Cc1ccnc2snnc12. The smallest absolute Gasteiger partial charge is 0.164 e. The lowest BCUT2D eigenvalue weighted by atomic mass is 10.3. The highest BCUT2D eigenvalue weighted by Gasteiger charge is 1.99. The Hall–Kier alpha value is -1.03. The van der Waals surface area contributed by atoms with Crippen molar-refractivity contribution in [1.82, 2.24) is 14.6 Å². The zero-order valence-corrected chi connectivity index (χ0v) is 6.22. The minimum Gasteiger partial charge on any atom is -0.242 e. The van der Waals surface area contributed by atoms with Crippen LogP contribution in [0.2, 0.25) is 0 Å². The maximum atomic E-state index is 4.10. The van der Waals surface area contributed by atoms with Gasteiger partial charge in [-0.05, 0) is 18.6 Å². The Kier molecular flexibility index (Phi) is 1.14. The molecule has 0 N–H and O–H groups in total. The maximum absolute atomic E-state index is 4.10. The molecule has 3 nitrogen and oxygen atoms in total. The standard InChI is InChI=1S/C6H5N3S/c1-4-2-3-7-6-5(4)8-9-10-6/h2-3H,1H3. The van der Waals surface area contributed by atoms with Gasteiger partial charge in [-0.25, -0.2) is 4.98 Å². The number of nitrogens with zero attached hydrogens (tertiary/aromatic N) is 3. The average molecular weight is 151 g/mol. The van der Waals surface area contributed by atoms with E-state index in [2.05, 4.69) is 14.6 Å². The van der Waals surface area contributed by atoms with Crippen LogP contribution in [0.25, 0.3) is 10.3 Å². The van der Waals surface area contributed by atoms with Gasteiger partial charge in [-0.1, -0.05) is 4.49 Å². The van der Waals surface area contributed by atoms with Crippen LogP contribution in [-0.4, -0.2) is 14.6 Å². The molecule has 2 aromatic heterocycles. The van der Waals surface area contributed by atoms with Crippen LogP contribution >= 0.6 is 11.5 Å². The van der Waals surface area contributed by atoms with E-state index in [1.165, 1.54) is 11.5 Å². The molecular formula is C6H5N3S. The van der Waals surface area contributed by atoms with Gasteiger partial charge in [-0.15, -0.1) is 5.10 Å². The number of hydrogen-bond donors (Lipinski definition) is 0. The lowest BCUT2D eigenvalue weighted by molar-refractivity contribution is 1.18. The van der Waals surface area contributed by atoms with Gasteiger partial charge in [0, 0.05) is 17.7 Å². The molecule has 0 aliphatic rings. The Morgan fingerprint density at radius 1 is 1.50 bits per heavy atom. The second kappa shape index (κ2) is 1.98. The molecular weight excluding hydrogens is 146 g/mol. The number of rotatable bonds is 0. The van der Waals surface area contributed by atoms with Crippen LogP contribution in [-0.2, 0) is 0 Å². The summed E-state index contributed by atoms with van der Waals surface area (Å²) in [6, 6.07) is 1.93. The molecule has 0 saturated heterocycles. The van der Waals surface area contributed by atoms with Gasteiger partial charge in [0.15, 0.2) is 4.83 Å². The van der Waals surface area contributed by atoms with Gasteiger partial charge in [-0.3, -0.25) is 0 Å². The largest absolute Gasteiger partial charge is 0.242 e. The predicted octanol–water partition coefficient (Wildman–Crippen LogP) is 1.39. The molecule has 2 rings (SSSR count). The number of aryl methyl sites for hydroxylation is 1. The number of fused-ring (bicyclic) bond motifs is 1. The monoisotopic (exact) mass is 151 g/mol. The van der Waals surface area contributed by atoms with E-state index < -0.39 is 0 Å². The zero-order valence-electron chi connectivity index (χ0n) is 5.40. The summed E-state index contributed by atoms with van der Waals surface area (Å²) in [5, 5.41) is 3.92. The number of pyridine rings is 1. The molecule has 0 spiro atoms. The lowest BCUT2D eigenvalue weighted by Gasteiger charge is -1.87. The van der Waals surface area contributed by atoms with Crippen molar-refractivity contribution in [2.24, 2.45) is 0 Å². The van der Waals surface area contributed by atoms with Gasteiger partial charge in [0.25, 0.3) is 0 Å². The predicted molar refractivity (Wildman–Crippen MR) is 39.9 cm³/mol. The first kappa shape index (κ1) is 5.73. The molecule has 4 heteroatoms. The highest BCUT2D eigenvalue weighted by Crippen LogP contribution is 2.14. The van der Waals surface area contributed by atoms with Crippen LogP contribution in [0.3, 0.4) is 0 Å². The molecule has 0 bridgehead atoms. The van der Waals surface area contributed by atoms with Crippen LogP contribution < -0.4 is 0 Å². The highest BCUT2D eigenvalue weighted by molar-refractivity contribution is 7.12. The normalized spacial score (nSPS) is 10.5. The number of aromatic nitrogens is 3. The van der Waals surface area contributed by atoms with Crippen molar-refractivity contribution in [3.63, 3.8) is 0 Å². The van der Waals surface area contributed by atoms with E-state index in [-0.39, 0.29) is 0 Å². The van der Waals surface area contributed by atoms with Crippen LogP contribution in [0.1, 0.15) is 5.56 Å². The molecule has 0 saturated carbocycles. The third-order valence-electron chi connectivity index (χ3n) is 1.36. The Balaban J connectivity index is 2.95. The summed E-state index contributed by atoms with van der Waals surface area (Å²) in [6.45, 7) is 2.01. The van der Waals surface area contributed by atoms with E-state index in [4.69, 9.17) is 0 Å². The van der Waals surface area contributed by atoms with Crippen molar-refractivity contribution >= 4 is 21.9 Å². The minimum atomic E-state index is 0.917. The lowest BCUT2D eigenvalue weighted by Crippen LogP contribution is -1.77. The van der Waals surface area contributed by atoms with Gasteiger partial charge >= 0.3 is 0 Å². The minimum absolute atomic E-state index is 0.917. The first-order valence-electron chi connectivity index (χ1n) is 2.91. The molecule has 0 atom stereocenters. The van der Waals surface area contributed by atoms with E-state index in [0.717, 1.165) is 15.9 Å². The zero-order chi connectivity index (χ0) is 6.97. The summed E-state index contributed by atoms with van der Waals surface area (Å²) in [4.78, 5) is 5.01. The van der Waals surface area contributed by atoms with Gasteiger partial charge in [0.2, 0.25) is 0 Å². The molecule has 0 unspecified atom stereocenters. The van der Waals surface area contributed by atoms with Gasteiger partial charge in [0.1, 0.15) is 5.52 Å². The first-order valence-corrected chi connectivity index (χ1v) is 3.69. The third-order valence-corrected chi connectivity index (χ3v) is 2.00. The molecule has 0 aliphatic heterocycles. The number of hydrogen-bond acceptors (Lipinski definition) is 4. The molecule has 50 valence electrons. The van der Waals surface area contributed by atoms with Gasteiger partial charge in [-0.2, -0.15) is 0 Å². The molecule has 10 heavy (non-hydrogen) atoms. The molecule has 0 radical (unpaired) electrons. The Morgan fingerprint density at radius 3 is 3.20 bits per heavy atom. The summed E-state index contributed by atoms with van der Waals surface area (Å²) in [7, 11) is 0. The second-order valence-corrected chi connectivity index (χ2v) is 2.79. The Labute approximate surface area is 61.9 Å². The van der Waals surface area contributed by atoms with Crippen molar-refractivity contribution in [3.8, 4) is 0 Å². The topological polar surface area (TPSA) is 38.7 Å². The molecule has 2 heterocycles. The molecule has 0 aromatic carbocycles. The molecule has 2 aromatic rings. The fourth-order valence-corrected chi connectivity index (χ4v) is 1.41. The van der Waals surface area contributed by atoms with E-state index in [9.17, 15) is 0 Å². The Morgan fingerprint density at radius 2 is 2.40 bits per heavy atom. The van der Waals surface area contributed by atoms with Crippen LogP contribution in [0.5, 0.6) is 0 Å². The molecule has 0 amide bonds. The van der Waals surface area contributed by atoms with Crippen molar-refractivity contribution in [2.45, 2.75) is 6.92 Å². The van der Waals surface area contributed by atoms with Crippen LogP contribution in [0.15, 0.2) is 12.3 Å². The van der Waals surface area contributed by atoms with Crippen molar-refractivity contribution in [1.29, 1.82) is 0 Å². The summed E-state index contributed by atoms with van der Waals surface area (Å²) in [6.07, 6.45) is 1.78. The van der Waals surface area contributed by atoms with Crippen molar-refractivity contribution < 1.29 is 0 Å². The third kappa shape index (κ3) is 0.690. The fourth-order valence-electron chi connectivity index (χ4n) is 0.814. The van der Waals surface area contributed by atoms with E-state index in [1.54, 1.807) is 6.20 Å². The summed E-state index contributed by atoms with van der Waals surface area (Å²) < 4.78 is 3.79. The summed E-state index contributed by atoms with van der Waals surface area (Å²) in [5.74, 6) is 0. The molecule has 0 aliphatic carbocycles. The Bertz CT molecular complexity index is 355. The van der Waals surface area contributed by atoms with Gasteiger partial charge < -0.3 is 0 Å². The fraction of sp³-hybridized carbons (Fsp3) is 0.167. The molecule has 0 fully saturated rings. The quantitative estimate of drug-likeness (QED) is 0.571. The highest BCUT2D eigenvalue weighted by atomic mass is 32.1. The summed E-state index contributed by atoms with van der Waals surface area (Å²) >= 11 is 1.33.